The normalized spacial score (nSPS) is 20.7. The summed E-state index contributed by atoms with van der Waals surface area (Å²) in [6, 6.07) is 23.9. The molecule has 0 N–H and O–H groups in total. The van der Waals surface area contributed by atoms with Gasteiger partial charge in [-0.05, 0) is 11.6 Å². The number of fused-ring (bicyclic) bond motifs is 5. The molecule has 0 unspecified atom stereocenters. The van der Waals surface area contributed by atoms with Crippen LogP contribution in [0.5, 0.6) is 5.75 Å². The van der Waals surface area contributed by atoms with E-state index in [1.807, 2.05) is 0 Å². The van der Waals surface area contributed by atoms with Gasteiger partial charge in [0.05, 0.1) is 16.7 Å². The maximum atomic E-state index is 14.7. The maximum Gasteiger partial charge on any atom is 0.308 e. The van der Waals surface area contributed by atoms with Gasteiger partial charge >= 0.3 is 5.97 Å². The van der Waals surface area contributed by atoms with E-state index in [1.165, 1.54) is 31.2 Å². The van der Waals surface area contributed by atoms with Crippen LogP contribution in [0, 0.1) is 15.5 Å². The Balaban J connectivity index is 1.56. The molecule has 1 aliphatic carbocycles. The summed E-state index contributed by atoms with van der Waals surface area (Å²) in [4.78, 5) is 69.2. The summed E-state index contributed by atoms with van der Waals surface area (Å²) < 4.78 is 5.63. The highest BCUT2D eigenvalue weighted by Crippen LogP contribution is 2.62. The standard InChI is InChI=1S/C35H24N2O7/c1-20(38)44-27-13-7-10-22-16-19-28-35(33(40)25-11-5-6-12-26(25)34(35)41)29(21-14-17-24(18-15-21)37(42)43)31(36(28)30(22)27)32(39)23-8-3-2-4-9-23/h2-19,28-29,31H,1H3/t28-,29+,31+/m0/s1. The van der Waals surface area contributed by atoms with Crippen molar-refractivity contribution in [2.24, 2.45) is 5.41 Å². The minimum atomic E-state index is -1.80. The van der Waals surface area contributed by atoms with E-state index < -0.39 is 45.9 Å². The Kier molecular flexibility index (Phi) is 6.14. The molecule has 44 heavy (non-hydrogen) atoms. The van der Waals surface area contributed by atoms with Crippen molar-refractivity contribution in [3.8, 4) is 5.75 Å². The SMILES string of the molecule is CC(=O)Oc1cccc2c1N1[C@@H](C=C2)C2(C(=O)c3ccccc3C2=O)[C@H](c2ccc([N+](=O)[O-])cc2)[C@@H]1C(=O)c1ccccc1. The van der Waals surface area contributed by atoms with Gasteiger partial charge in [-0.1, -0.05) is 91.0 Å². The van der Waals surface area contributed by atoms with Gasteiger partial charge in [-0.15, -0.1) is 0 Å². The lowest BCUT2D eigenvalue weighted by Crippen LogP contribution is -2.48. The third-order valence-electron chi connectivity index (χ3n) is 8.83. The zero-order valence-corrected chi connectivity index (χ0v) is 23.4. The molecule has 216 valence electrons. The molecule has 7 rings (SSSR count). The van der Waals surface area contributed by atoms with Crippen molar-refractivity contribution in [3.63, 3.8) is 0 Å². The third kappa shape index (κ3) is 3.72. The first-order valence-corrected chi connectivity index (χ1v) is 14.1. The number of nitrogens with zero attached hydrogens (tertiary/aromatic N) is 2. The monoisotopic (exact) mass is 584 g/mol. The third-order valence-corrected chi connectivity index (χ3v) is 8.83. The van der Waals surface area contributed by atoms with Crippen LogP contribution in [0.15, 0.2) is 103 Å². The summed E-state index contributed by atoms with van der Waals surface area (Å²) in [7, 11) is 0. The summed E-state index contributed by atoms with van der Waals surface area (Å²) in [5, 5.41) is 11.5. The van der Waals surface area contributed by atoms with Crippen LogP contribution in [0.25, 0.3) is 6.08 Å². The molecule has 0 bridgehead atoms. The first-order valence-electron chi connectivity index (χ1n) is 14.1. The van der Waals surface area contributed by atoms with E-state index >= 15 is 0 Å². The molecule has 1 fully saturated rings. The highest BCUT2D eigenvalue weighted by molar-refractivity contribution is 6.32. The smallest absolute Gasteiger partial charge is 0.308 e. The lowest BCUT2D eigenvalue weighted by molar-refractivity contribution is -0.384. The van der Waals surface area contributed by atoms with Crippen molar-refractivity contribution in [1.82, 2.24) is 0 Å². The second kappa shape index (κ2) is 9.95. The fourth-order valence-electron chi connectivity index (χ4n) is 7.17. The van der Waals surface area contributed by atoms with Gasteiger partial charge in [0.1, 0.15) is 11.5 Å². The number of carbonyl (C=O) groups is 4. The van der Waals surface area contributed by atoms with Crippen molar-refractivity contribution in [1.29, 1.82) is 0 Å². The summed E-state index contributed by atoms with van der Waals surface area (Å²) in [5.41, 5.74) is 0.372. The predicted molar refractivity (Wildman–Crippen MR) is 161 cm³/mol. The molecule has 3 aliphatic rings. The number of nitro benzene ring substituents is 1. The number of rotatable bonds is 5. The van der Waals surface area contributed by atoms with Crippen LogP contribution in [0.2, 0.25) is 0 Å². The molecule has 2 aliphatic heterocycles. The van der Waals surface area contributed by atoms with Gasteiger partial charge in [0.15, 0.2) is 23.1 Å². The average molecular weight is 585 g/mol. The van der Waals surface area contributed by atoms with Crippen molar-refractivity contribution in [3.05, 3.63) is 141 Å². The molecule has 4 aromatic carbocycles. The quantitative estimate of drug-likeness (QED) is 0.0716. The highest BCUT2D eigenvalue weighted by atomic mass is 16.6. The predicted octanol–water partition coefficient (Wildman–Crippen LogP) is 5.84. The summed E-state index contributed by atoms with van der Waals surface area (Å²) in [6.45, 7) is 1.27. The summed E-state index contributed by atoms with van der Waals surface area (Å²) >= 11 is 0. The number of carbonyl (C=O) groups excluding carboxylic acids is 4. The number of nitro groups is 1. The van der Waals surface area contributed by atoms with E-state index in [2.05, 4.69) is 0 Å². The average Bonchev–Trinajstić information content (AvgIpc) is 3.47. The number of esters is 1. The molecule has 1 spiro atoms. The van der Waals surface area contributed by atoms with Gasteiger partial charge in [0.25, 0.3) is 5.69 Å². The van der Waals surface area contributed by atoms with Crippen LogP contribution in [0.4, 0.5) is 11.4 Å². The minimum absolute atomic E-state index is 0.167. The molecular weight excluding hydrogens is 560 g/mol. The number of benzene rings is 4. The van der Waals surface area contributed by atoms with E-state index in [-0.39, 0.29) is 28.3 Å². The molecule has 4 aromatic rings. The Hall–Kier alpha value is -5.70. The van der Waals surface area contributed by atoms with E-state index in [0.717, 1.165) is 0 Å². The molecule has 9 heteroatoms. The van der Waals surface area contributed by atoms with Gasteiger partial charge in [-0.3, -0.25) is 29.3 Å². The fraction of sp³-hybridized carbons (Fsp3) is 0.143. The lowest BCUT2D eigenvalue weighted by Gasteiger charge is -2.37. The number of hydrogen-bond donors (Lipinski definition) is 0. The van der Waals surface area contributed by atoms with Gasteiger partial charge < -0.3 is 9.64 Å². The number of non-ortho nitro benzene ring substituents is 1. The Morgan fingerprint density at radius 2 is 1.48 bits per heavy atom. The molecule has 3 atom stereocenters. The number of anilines is 1. The largest absolute Gasteiger partial charge is 0.424 e. The summed E-state index contributed by atoms with van der Waals surface area (Å²) in [6.07, 6.45) is 3.54. The van der Waals surface area contributed by atoms with Crippen molar-refractivity contribution in [2.75, 3.05) is 4.90 Å². The fourth-order valence-corrected chi connectivity index (χ4v) is 7.17. The Morgan fingerprint density at radius 1 is 0.841 bits per heavy atom. The van der Waals surface area contributed by atoms with Crippen LogP contribution in [0.1, 0.15) is 55.0 Å². The molecule has 1 saturated heterocycles. The van der Waals surface area contributed by atoms with Crippen LogP contribution >= 0.6 is 0 Å². The second-order valence-electron chi connectivity index (χ2n) is 11.1. The molecule has 0 aromatic heterocycles. The first kappa shape index (κ1) is 27.2. The van der Waals surface area contributed by atoms with Crippen LogP contribution < -0.4 is 9.64 Å². The highest BCUT2D eigenvalue weighted by Gasteiger charge is 2.71. The maximum absolute atomic E-state index is 14.7. The Bertz CT molecular complexity index is 1900. The molecular formula is C35H24N2O7. The van der Waals surface area contributed by atoms with E-state index in [1.54, 1.807) is 89.8 Å². The van der Waals surface area contributed by atoms with Crippen LogP contribution in [-0.4, -0.2) is 40.3 Å². The molecule has 9 nitrogen and oxygen atoms in total. The van der Waals surface area contributed by atoms with E-state index in [4.69, 9.17) is 4.74 Å². The lowest BCUT2D eigenvalue weighted by atomic mass is 9.64. The van der Waals surface area contributed by atoms with Crippen molar-refractivity contribution < 1.29 is 28.8 Å². The van der Waals surface area contributed by atoms with Gasteiger partial charge in [-0.25, -0.2) is 0 Å². The second-order valence-corrected chi connectivity index (χ2v) is 11.1. The van der Waals surface area contributed by atoms with Gasteiger partial charge in [-0.2, -0.15) is 0 Å². The molecule has 2 heterocycles. The molecule has 0 saturated carbocycles. The van der Waals surface area contributed by atoms with Crippen molar-refractivity contribution >= 4 is 40.8 Å². The number of ketones is 3. The number of hydrogen-bond acceptors (Lipinski definition) is 8. The molecule has 0 radical (unpaired) electrons. The van der Waals surface area contributed by atoms with Gasteiger partial charge in [0.2, 0.25) is 0 Å². The van der Waals surface area contributed by atoms with Crippen LogP contribution in [-0.2, 0) is 4.79 Å². The van der Waals surface area contributed by atoms with Crippen molar-refractivity contribution in [2.45, 2.75) is 24.9 Å². The zero-order valence-electron chi connectivity index (χ0n) is 23.4. The zero-order chi connectivity index (χ0) is 30.7. The van der Waals surface area contributed by atoms with Gasteiger partial charge in [0, 0.05) is 47.2 Å². The number of Topliss-reactive ketones (excluding diaryl/α,β-unsaturated/α-hetero) is 3. The molecule has 0 amide bonds. The number of para-hydroxylation sites is 1. The topological polar surface area (TPSA) is 124 Å². The Morgan fingerprint density at radius 3 is 2.09 bits per heavy atom. The van der Waals surface area contributed by atoms with E-state index in [9.17, 15) is 29.3 Å². The number of ether oxygens (including phenoxy) is 1. The summed E-state index contributed by atoms with van der Waals surface area (Å²) in [5.74, 6) is -2.67. The Labute approximate surface area is 251 Å². The first-order chi connectivity index (χ1) is 21.2. The van der Waals surface area contributed by atoms with Crippen LogP contribution in [0.3, 0.4) is 0 Å². The van der Waals surface area contributed by atoms with E-state index in [0.29, 0.717) is 22.4 Å². The minimum Gasteiger partial charge on any atom is -0.424 e.